The van der Waals surface area contributed by atoms with E-state index in [2.05, 4.69) is 251 Å². The number of para-hydroxylation sites is 6. The van der Waals surface area contributed by atoms with E-state index in [-0.39, 0.29) is 0 Å². The summed E-state index contributed by atoms with van der Waals surface area (Å²) in [6.07, 6.45) is 0. The molecule has 4 heteroatoms. The highest BCUT2D eigenvalue weighted by Gasteiger charge is 2.29. The van der Waals surface area contributed by atoms with Crippen LogP contribution in [0.2, 0.25) is 0 Å². The summed E-state index contributed by atoms with van der Waals surface area (Å²) in [7, 11) is 0. The standard InChI is InChI=1S/C54H39N3O/c1-8-22-40(23-9-1)47-36-37-48(55(41-24-10-2-11-25-41)42-26-12-3-13-27-42)51-52-49(56(43-28-14-4-15-29-43)44-30-16-5-17-31-44)38-39-50(54(52)58-53(47)51)57(45-32-18-6-19-33-45)46-34-20-7-21-35-46/h1-39H. The summed E-state index contributed by atoms with van der Waals surface area (Å²) in [6.45, 7) is 0. The van der Waals surface area contributed by atoms with Crippen LogP contribution in [0.1, 0.15) is 0 Å². The number of hydrogen-bond donors (Lipinski definition) is 0. The molecule has 0 N–H and O–H groups in total. The third-order valence-corrected chi connectivity index (χ3v) is 10.6. The van der Waals surface area contributed by atoms with E-state index in [1.165, 1.54) is 0 Å². The number of furan rings is 1. The van der Waals surface area contributed by atoms with Crippen LogP contribution < -0.4 is 14.7 Å². The molecule has 0 saturated heterocycles. The van der Waals surface area contributed by atoms with Crippen LogP contribution in [0, 0.1) is 0 Å². The largest absolute Gasteiger partial charge is 0.453 e. The molecule has 9 aromatic carbocycles. The van der Waals surface area contributed by atoms with Gasteiger partial charge in [0, 0.05) is 39.7 Å². The summed E-state index contributed by atoms with van der Waals surface area (Å²) in [5.41, 5.74) is 12.9. The lowest BCUT2D eigenvalue weighted by Crippen LogP contribution is -2.13. The first kappa shape index (κ1) is 34.7. The number of fused-ring (bicyclic) bond motifs is 3. The molecule has 0 fully saturated rings. The van der Waals surface area contributed by atoms with Crippen LogP contribution in [0.15, 0.2) is 241 Å². The van der Waals surface area contributed by atoms with Gasteiger partial charge in [-0.25, -0.2) is 0 Å². The number of hydrogen-bond acceptors (Lipinski definition) is 4. The van der Waals surface area contributed by atoms with Crippen molar-refractivity contribution in [1.82, 2.24) is 0 Å². The van der Waals surface area contributed by atoms with E-state index in [0.29, 0.717) is 0 Å². The second-order valence-electron chi connectivity index (χ2n) is 14.1. The monoisotopic (exact) mass is 745 g/mol. The molecule has 0 saturated carbocycles. The maximum absolute atomic E-state index is 7.52. The average Bonchev–Trinajstić information content (AvgIpc) is 3.71. The van der Waals surface area contributed by atoms with Gasteiger partial charge >= 0.3 is 0 Å². The molecule has 276 valence electrons. The molecule has 10 aromatic rings. The van der Waals surface area contributed by atoms with Gasteiger partial charge in [0.1, 0.15) is 5.58 Å². The van der Waals surface area contributed by atoms with Gasteiger partial charge in [-0.2, -0.15) is 0 Å². The van der Waals surface area contributed by atoms with Gasteiger partial charge in [0.2, 0.25) is 0 Å². The predicted octanol–water partition coefficient (Wildman–Crippen LogP) is 15.7. The van der Waals surface area contributed by atoms with Crippen LogP contribution in [0.3, 0.4) is 0 Å². The molecule has 0 aliphatic rings. The molecule has 0 aliphatic carbocycles. The number of anilines is 9. The van der Waals surface area contributed by atoms with Crippen molar-refractivity contribution in [3.63, 3.8) is 0 Å². The first-order valence-corrected chi connectivity index (χ1v) is 19.6. The van der Waals surface area contributed by atoms with Gasteiger partial charge in [0.15, 0.2) is 5.58 Å². The lowest BCUT2D eigenvalue weighted by molar-refractivity contribution is 0.670. The van der Waals surface area contributed by atoms with E-state index in [1.807, 2.05) is 0 Å². The molecule has 0 unspecified atom stereocenters. The molecule has 0 radical (unpaired) electrons. The SMILES string of the molecule is c1ccc(-c2ccc(N(c3ccccc3)c3ccccc3)c3c2oc2c(N(c4ccccc4)c4ccccc4)ccc(N(c4ccccc4)c4ccccc4)c23)cc1. The Kier molecular flexibility index (Phi) is 9.18. The Labute approximate surface area is 338 Å². The highest BCUT2D eigenvalue weighted by atomic mass is 16.3. The number of rotatable bonds is 10. The highest BCUT2D eigenvalue weighted by molar-refractivity contribution is 6.24. The van der Waals surface area contributed by atoms with Gasteiger partial charge in [-0.1, -0.05) is 140 Å². The molecular formula is C54H39N3O. The quantitative estimate of drug-likeness (QED) is 0.139. The van der Waals surface area contributed by atoms with Crippen LogP contribution in [-0.4, -0.2) is 0 Å². The second-order valence-corrected chi connectivity index (χ2v) is 14.1. The van der Waals surface area contributed by atoms with Crippen molar-refractivity contribution in [2.75, 3.05) is 14.7 Å². The van der Waals surface area contributed by atoms with Crippen molar-refractivity contribution in [1.29, 1.82) is 0 Å². The van der Waals surface area contributed by atoms with E-state index in [0.717, 1.165) is 84.3 Å². The van der Waals surface area contributed by atoms with Crippen molar-refractivity contribution in [2.45, 2.75) is 0 Å². The van der Waals surface area contributed by atoms with Crippen LogP contribution >= 0.6 is 0 Å². The third kappa shape index (κ3) is 6.33. The van der Waals surface area contributed by atoms with Gasteiger partial charge in [-0.05, 0) is 103 Å². The first-order valence-electron chi connectivity index (χ1n) is 19.6. The summed E-state index contributed by atoms with van der Waals surface area (Å²) in [5, 5.41) is 2.01. The molecular weight excluding hydrogens is 707 g/mol. The van der Waals surface area contributed by atoms with E-state index in [9.17, 15) is 0 Å². The smallest absolute Gasteiger partial charge is 0.161 e. The van der Waals surface area contributed by atoms with E-state index in [1.54, 1.807) is 0 Å². The van der Waals surface area contributed by atoms with E-state index >= 15 is 0 Å². The van der Waals surface area contributed by atoms with Gasteiger partial charge in [0.25, 0.3) is 0 Å². The molecule has 0 atom stereocenters. The maximum Gasteiger partial charge on any atom is 0.161 e. The van der Waals surface area contributed by atoms with Gasteiger partial charge in [-0.3, -0.25) is 0 Å². The van der Waals surface area contributed by atoms with Crippen LogP contribution in [0.25, 0.3) is 33.1 Å². The summed E-state index contributed by atoms with van der Waals surface area (Å²) < 4.78 is 7.52. The zero-order valence-corrected chi connectivity index (χ0v) is 31.8. The lowest BCUT2D eigenvalue weighted by atomic mass is 9.98. The number of benzene rings is 9. The highest BCUT2D eigenvalue weighted by Crippen LogP contribution is 2.53. The number of nitrogens with zero attached hydrogens (tertiary/aromatic N) is 3. The Morgan fingerprint density at radius 1 is 0.241 bits per heavy atom. The van der Waals surface area contributed by atoms with Crippen molar-refractivity contribution in [2.24, 2.45) is 0 Å². The molecule has 4 nitrogen and oxygen atoms in total. The van der Waals surface area contributed by atoms with Gasteiger partial charge < -0.3 is 19.1 Å². The van der Waals surface area contributed by atoms with Crippen LogP contribution in [0.4, 0.5) is 51.2 Å². The molecule has 1 aromatic heterocycles. The fourth-order valence-electron chi connectivity index (χ4n) is 8.07. The fourth-order valence-corrected chi connectivity index (χ4v) is 8.07. The van der Waals surface area contributed by atoms with Crippen LogP contribution in [-0.2, 0) is 0 Å². The first-order chi connectivity index (χ1) is 28.8. The van der Waals surface area contributed by atoms with E-state index < -0.39 is 0 Å². The minimum Gasteiger partial charge on any atom is -0.453 e. The summed E-state index contributed by atoms with van der Waals surface area (Å²) >= 11 is 0. The molecule has 58 heavy (non-hydrogen) atoms. The molecule has 10 rings (SSSR count). The minimum absolute atomic E-state index is 0.780. The second kappa shape index (κ2) is 15.4. The zero-order chi connectivity index (χ0) is 38.7. The maximum atomic E-state index is 7.52. The Bertz CT molecular complexity index is 2800. The molecule has 0 amide bonds. The third-order valence-electron chi connectivity index (χ3n) is 10.6. The molecule has 1 heterocycles. The normalized spacial score (nSPS) is 11.1. The average molecular weight is 746 g/mol. The fraction of sp³-hybridized carbons (Fsp3) is 0. The lowest BCUT2D eigenvalue weighted by Gasteiger charge is -2.30. The van der Waals surface area contributed by atoms with E-state index in [4.69, 9.17) is 4.42 Å². The molecule has 0 bridgehead atoms. The topological polar surface area (TPSA) is 22.9 Å². The van der Waals surface area contributed by atoms with Crippen molar-refractivity contribution >= 4 is 73.1 Å². The minimum atomic E-state index is 0.780. The van der Waals surface area contributed by atoms with Crippen molar-refractivity contribution < 1.29 is 4.42 Å². The Morgan fingerprint density at radius 3 is 0.879 bits per heavy atom. The molecule has 0 aliphatic heterocycles. The summed E-state index contributed by atoms with van der Waals surface area (Å²) in [6, 6.07) is 83.1. The van der Waals surface area contributed by atoms with Crippen LogP contribution in [0.5, 0.6) is 0 Å². The van der Waals surface area contributed by atoms with Gasteiger partial charge in [-0.15, -0.1) is 0 Å². The van der Waals surface area contributed by atoms with Crippen molar-refractivity contribution in [3.8, 4) is 11.1 Å². The summed E-state index contributed by atoms with van der Waals surface area (Å²) in [4.78, 5) is 7.01. The summed E-state index contributed by atoms with van der Waals surface area (Å²) in [5.74, 6) is 0. The van der Waals surface area contributed by atoms with Gasteiger partial charge in [0.05, 0.1) is 27.8 Å². The zero-order valence-electron chi connectivity index (χ0n) is 31.8. The molecule has 0 spiro atoms. The Balaban J connectivity index is 1.40. The Hall–Kier alpha value is -7.82. The predicted molar refractivity (Wildman–Crippen MR) is 243 cm³/mol. The Morgan fingerprint density at radius 2 is 0.517 bits per heavy atom. The van der Waals surface area contributed by atoms with Crippen molar-refractivity contribution in [3.05, 3.63) is 237 Å².